The minimum Gasteiger partial charge on any atom is -0.508 e. The number of methoxy groups -OCH3 is 1. The Morgan fingerprint density at radius 3 is 2.33 bits per heavy atom. The zero-order valence-corrected chi connectivity index (χ0v) is 36.2. The molecule has 4 aliphatic rings. The first kappa shape index (κ1) is 42.4. The van der Waals surface area contributed by atoms with E-state index in [9.17, 15) is 9.90 Å². The molecule has 10 rings (SSSR count). The number of fused-ring (bicyclic) bond motifs is 4. The van der Waals surface area contributed by atoms with Gasteiger partial charge in [0.05, 0.1) is 47.9 Å². The van der Waals surface area contributed by atoms with Crippen LogP contribution in [-0.2, 0) is 40.6 Å². The molecule has 66 heavy (non-hydrogen) atoms. The molecule has 0 bridgehead atoms. The number of cyclic esters (lactones) is 1. The Morgan fingerprint density at radius 2 is 1.61 bits per heavy atom. The molecule has 3 amide bonds. The lowest BCUT2D eigenvalue weighted by Crippen LogP contribution is -2.55. The van der Waals surface area contributed by atoms with Crippen LogP contribution in [0.4, 0.5) is 10.5 Å². The zero-order valence-electron chi connectivity index (χ0n) is 36.2. The van der Waals surface area contributed by atoms with Gasteiger partial charge in [0.1, 0.15) is 35.7 Å². The number of imide groups is 1. The lowest BCUT2D eigenvalue weighted by atomic mass is 9.65. The number of rotatable bonds is 9. The predicted octanol–water partition coefficient (Wildman–Crippen LogP) is 7.89. The maximum absolute atomic E-state index is 16.3. The Kier molecular flexibility index (Phi) is 11.4. The molecule has 13 heteroatoms. The fourth-order valence-corrected chi connectivity index (χ4v) is 10.4. The summed E-state index contributed by atoms with van der Waals surface area (Å²) in [5, 5.41) is 13.8. The molecule has 6 atom stereocenters. The average molecular weight is 882 g/mol. The van der Waals surface area contributed by atoms with E-state index in [1.165, 1.54) is 19.2 Å². The molecule has 3 aliphatic heterocycles. The van der Waals surface area contributed by atoms with E-state index < -0.39 is 59.4 Å². The van der Waals surface area contributed by atoms with E-state index in [4.69, 9.17) is 19.2 Å². The van der Waals surface area contributed by atoms with Gasteiger partial charge < -0.3 is 29.6 Å². The molecule has 0 saturated carbocycles. The van der Waals surface area contributed by atoms with Crippen LogP contribution in [0.2, 0.25) is 0 Å². The highest BCUT2D eigenvalue weighted by Crippen LogP contribution is 2.66. The van der Waals surface area contributed by atoms with Gasteiger partial charge in [-0.25, -0.2) is 14.7 Å². The van der Waals surface area contributed by atoms with E-state index in [0.717, 1.165) is 47.2 Å². The van der Waals surface area contributed by atoms with Crippen molar-refractivity contribution in [3.63, 3.8) is 0 Å². The molecule has 13 nitrogen and oxygen atoms in total. The molecule has 1 aliphatic carbocycles. The summed E-state index contributed by atoms with van der Waals surface area (Å²) >= 11 is 0. The Labute approximate surface area is 381 Å². The number of benzene rings is 5. The number of para-hydroxylation sites is 2. The van der Waals surface area contributed by atoms with E-state index in [-0.39, 0.29) is 31.2 Å². The molecule has 2 fully saturated rings. The number of nitrogens with zero attached hydrogens (tertiary/aromatic N) is 3. The van der Waals surface area contributed by atoms with Crippen LogP contribution in [0.5, 0.6) is 5.75 Å². The number of nitrogens with one attached hydrogen (secondary N) is 2. The Morgan fingerprint density at radius 1 is 0.864 bits per heavy atom. The quantitative estimate of drug-likeness (QED) is 0.0740. The monoisotopic (exact) mass is 881 g/mol. The lowest BCUT2D eigenvalue weighted by molar-refractivity contribution is -0.178. The van der Waals surface area contributed by atoms with Crippen LogP contribution in [0.15, 0.2) is 139 Å². The molecule has 5 aromatic carbocycles. The number of aromatic hydroxyl groups is 1. The number of allylic oxidation sites excluding steroid dienone is 2. The predicted molar refractivity (Wildman–Crippen MR) is 245 cm³/mol. The van der Waals surface area contributed by atoms with Crippen LogP contribution in [0.3, 0.4) is 0 Å². The summed E-state index contributed by atoms with van der Waals surface area (Å²) in [7, 11) is 1.47. The summed E-state index contributed by atoms with van der Waals surface area (Å²) in [6.45, 7) is -0.162. The molecule has 0 radical (unpaired) electrons. The van der Waals surface area contributed by atoms with E-state index in [1.54, 1.807) is 30.3 Å². The standard InChI is InChI=1S/C53H47N5O8/c1-64-29-30-65-52(63)57-42-28-23-34(22-21-33-13-5-2-6-14-33)31-39(42)53(51(57)62)44(49(60)54-32-43-55-40-19-11-12-20-41(40)56-43)46-50(61)66-47(36-17-9-4-10-18-36)45(35-15-7-3-8-16-35)58(46)48(53)37-24-26-38(59)27-25-37/h3-4,7-13,15-20,23-28,31,44-48,59H,2,5-6,14,29-30,32H2,1H3,(H,54,60)(H,55,56)/t44-,45-,46-,47+,48+,53-/m0/s1. The number of amides is 3. The van der Waals surface area contributed by atoms with E-state index in [0.29, 0.717) is 33.6 Å². The van der Waals surface area contributed by atoms with Gasteiger partial charge in [-0.2, -0.15) is 0 Å². The highest BCUT2D eigenvalue weighted by Gasteiger charge is 2.75. The number of phenols is 1. The topological polar surface area (TPSA) is 163 Å². The smallest absolute Gasteiger partial charge is 0.421 e. The third-order valence-corrected chi connectivity index (χ3v) is 13.2. The third-order valence-electron chi connectivity index (χ3n) is 13.2. The van der Waals surface area contributed by atoms with Crippen molar-refractivity contribution >= 4 is 40.6 Å². The normalized spacial score (nSPS) is 23.4. The molecule has 0 unspecified atom stereocenters. The van der Waals surface area contributed by atoms with Crippen molar-refractivity contribution in [2.24, 2.45) is 5.92 Å². The second kappa shape index (κ2) is 17.8. The van der Waals surface area contributed by atoms with Crippen molar-refractivity contribution in [3.8, 4) is 17.6 Å². The number of ether oxygens (including phenoxy) is 3. The van der Waals surface area contributed by atoms with Crippen molar-refractivity contribution in [1.82, 2.24) is 20.2 Å². The Balaban J connectivity index is 1.23. The highest BCUT2D eigenvalue weighted by atomic mass is 16.6. The molecule has 2 saturated heterocycles. The number of hydrogen-bond donors (Lipinski definition) is 3. The Hall–Kier alpha value is -7.53. The van der Waals surface area contributed by atoms with E-state index >= 15 is 14.4 Å². The number of imidazole rings is 1. The maximum Gasteiger partial charge on any atom is 0.421 e. The number of phenolic OH excluding ortho intramolecular Hbond substituents is 1. The van der Waals surface area contributed by atoms with Gasteiger partial charge >= 0.3 is 12.1 Å². The molecule has 1 aromatic heterocycles. The second-order valence-corrected chi connectivity index (χ2v) is 17.0. The maximum atomic E-state index is 16.3. The van der Waals surface area contributed by atoms with Gasteiger partial charge in [0.25, 0.3) is 0 Å². The van der Waals surface area contributed by atoms with Crippen LogP contribution < -0.4 is 10.2 Å². The molecule has 6 aromatic rings. The van der Waals surface area contributed by atoms with E-state index in [2.05, 4.69) is 28.2 Å². The summed E-state index contributed by atoms with van der Waals surface area (Å²) in [5.74, 6) is 3.41. The third kappa shape index (κ3) is 7.38. The summed E-state index contributed by atoms with van der Waals surface area (Å²) in [4.78, 5) is 72.6. The molecule has 3 N–H and O–H groups in total. The molecular formula is C53H47N5O8. The number of aromatic nitrogens is 2. The lowest BCUT2D eigenvalue weighted by Gasteiger charge is -2.46. The summed E-state index contributed by atoms with van der Waals surface area (Å²) in [5.41, 5.74) is 3.47. The van der Waals surface area contributed by atoms with Gasteiger partial charge in [0, 0.05) is 12.7 Å². The Bertz CT molecular complexity index is 2890. The number of esters is 1. The largest absolute Gasteiger partial charge is 0.508 e. The molecule has 332 valence electrons. The molecule has 4 heterocycles. The van der Waals surface area contributed by atoms with Gasteiger partial charge in [0.2, 0.25) is 11.8 Å². The first-order valence-electron chi connectivity index (χ1n) is 22.2. The van der Waals surface area contributed by atoms with Crippen LogP contribution >= 0.6 is 0 Å². The minimum absolute atomic E-state index is 0.0293. The van der Waals surface area contributed by atoms with Crippen molar-refractivity contribution in [2.45, 2.75) is 61.9 Å². The van der Waals surface area contributed by atoms with Gasteiger partial charge in [-0.3, -0.25) is 19.3 Å². The highest BCUT2D eigenvalue weighted by molar-refractivity contribution is 6.23. The molecule has 1 spiro atoms. The number of morpholine rings is 1. The summed E-state index contributed by atoms with van der Waals surface area (Å²) in [6.07, 6.45) is 4.17. The van der Waals surface area contributed by atoms with Gasteiger partial charge in [0.15, 0.2) is 0 Å². The van der Waals surface area contributed by atoms with E-state index in [1.807, 2.05) is 89.8 Å². The first-order chi connectivity index (χ1) is 32.3. The number of aromatic amines is 1. The first-order valence-corrected chi connectivity index (χ1v) is 22.2. The van der Waals surface area contributed by atoms with Gasteiger partial charge in [-0.15, -0.1) is 0 Å². The minimum atomic E-state index is -2.02. The summed E-state index contributed by atoms with van der Waals surface area (Å²) < 4.78 is 17.4. The second-order valence-electron chi connectivity index (χ2n) is 17.0. The summed E-state index contributed by atoms with van der Waals surface area (Å²) in [6, 6.07) is 34.7. The fraction of sp³-hybridized carbons (Fsp3) is 0.264. The van der Waals surface area contributed by atoms with Crippen molar-refractivity contribution in [3.05, 3.63) is 173 Å². The van der Waals surface area contributed by atoms with Crippen LogP contribution in [0.1, 0.15) is 77.5 Å². The van der Waals surface area contributed by atoms with Gasteiger partial charge in [-0.1, -0.05) is 103 Å². The van der Waals surface area contributed by atoms with Crippen LogP contribution in [0.25, 0.3) is 11.0 Å². The van der Waals surface area contributed by atoms with Gasteiger partial charge in [-0.05, 0) is 96.0 Å². The number of carbonyl (C=O) groups excluding carboxylic acids is 4. The SMILES string of the molecule is COCCOC(=O)N1C(=O)[C@@]2(c3cc(C#CC4=CCCCC4)ccc31)[C@H](C(=O)NCc1nc3ccccc3[nH]1)[C@H]1C(=O)O[C@H](c3ccccc3)[C@H](c3ccccc3)N1[C@@H]2c1ccc(O)cc1. The molecular weight excluding hydrogens is 835 g/mol. The van der Waals surface area contributed by atoms with Crippen molar-refractivity contribution < 1.29 is 38.5 Å². The fourth-order valence-electron chi connectivity index (χ4n) is 10.4. The van der Waals surface area contributed by atoms with Crippen molar-refractivity contribution in [2.75, 3.05) is 25.2 Å². The van der Waals surface area contributed by atoms with Crippen LogP contribution in [-0.4, -0.2) is 70.2 Å². The van der Waals surface area contributed by atoms with Crippen molar-refractivity contribution in [1.29, 1.82) is 0 Å². The number of hydrogen-bond acceptors (Lipinski definition) is 10. The number of H-pyrrole nitrogens is 1. The number of anilines is 1. The number of carbonyl (C=O) groups is 4. The zero-order chi connectivity index (χ0) is 45.4. The average Bonchev–Trinajstić information content (AvgIpc) is 4.00. The van der Waals surface area contributed by atoms with Crippen LogP contribution in [0, 0.1) is 17.8 Å².